The Morgan fingerprint density at radius 1 is 1.03 bits per heavy atom. The number of hydrogen-bond donors (Lipinski definition) is 0. The molecule has 0 N–H and O–H groups in total. The molecule has 2 aliphatic rings. The van der Waals surface area contributed by atoms with Crippen LogP contribution in [0.4, 0.5) is 0 Å². The molecular formula is C22H12Br3NaO4. The van der Waals surface area contributed by atoms with Gasteiger partial charge in [-0.05, 0) is 69.0 Å². The van der Waals surface area contributed by atoms with Crippen LogP contribution in [0.5, 0.6) is 5.75 Å². The number of rotatable bonds is 2. The van der Waals surface area contributed by atoms with Crippen molar-refractivity contribution < 1.29 is 43.9 Å². The Labute approximate surface area is 219 Å². The summed E-state index contributed by atoms with van der Waals surface area (Å²) >= 11 is 10.0. The van der Waals surface area contributed by atoms with E-state index in [1.165, 1.54) is 6.92 Å². The number of halogens is 3. The molecule has 1 heterocycles. The van der Waals surface area contributed by atoms with E-state index in [2.05, 4.69) is 47.8 Å². The van der Waals surface area contributed by atoms with Crippen LogP contribution < -0.4 is 40.1 Å². The molecular weight excluding hydrogens is 591 g/mol. The molecule has 0 saturated heterocycles. The number of fused-ring (bicyclic) bond motifs is 2. The van der Waals surface area contributed by atoms with E-state index in [1.807, 2.05) is 12.1 Å². The van der Waals surface area contributed by atoms with E-state index in [4.69, 9.17) is 4.42 Å². The van der Waals surface area contributed by atoms with Gasteiger partial charge in [-0.3, -0.25) is 9.59 Å². The third kappa shape index (κ3) is 3.74. The summed E-state index contributed by atoms with van der Waals surface area (Å²) in [6, 6.07) is 10.7. The molecule has 0 saturated carbocycles. The van der Waals surface area contributed by atoms with Crippen LogP contribution in [0.3, 0.4) is 0 Å². The Morgan fingerprint density at radius 2 is 1.70 bits per heavy atom. The van der Waals surface area contributed by atoms with Crippen molar-refractivity contribution in [3.05, 3.63) is 71.2 Å². The van der Waals surface area contributed by atoms with Crippen LogP contribution in [0.1, 0.15) is 22.8 Å². The molecule has 0 atom stereocenters. The molecule has 1 aliphatic carbocycles. The maximum atomic E-state index is 12.5. The van der Waals surface area contributed by atoms with E-state index in [0.29, 0.717) is 43.5 Å². The first-order valence-corrected chi connectivity index (χ1v) is 10.9. The largest absolute Gasteiger partial charge is 1.00 e. The maximum Gasteiger partial charge on any atom is 1.00 e. The summed E-state index contributed by atoms with van der Waals surface area (Å²) in [6.45, 7) is 3.24. The maximum absolute atomic E-state index is 12.5. The van der Waals surface area contributed by atoms with Gasteiger partial charge in [0.2, 0.25) is 0 Å². The number of benzene rings is 3. The zero-order chi connectivity index (χ0) is 21.0. The van der Waals surface area contributed by atoms with Crippen molar-refractivity contribution in [1.82, 2.24) is 0 Å². The van der Waals surface area contributed by atoms with Gasteiger partial charge in [-0.15, -0.1) is 0 Å². The summed E-state index contributed by atoms with van der Waals surface area (Å²) in [5.41, 5.74) is 3.29. The summed E-state index contributed by atoms with van der Waals surface area (Å²) in [5, 5.41) is 13.1. The number of hydrogen-bond acceptors (Lipinski definition) is 4. The Morgan fingerprint density at radius 3 is 2.37 bits per heavy atom. The van der Waals surface area contributed by atoms with E-state index < -0.39 is 0 Å². The first-order valence-electron chi connectivity index (χ1n) is 8.57. The number of carbonyl (C=O) groups is 1. The number of aryl methyl sites for hydroxylation is 1. The molecule has 4 nitrogen and oxygen atoms in total. The van der Waals surface area contributed by atoms with Gasteiger partial charge < -0.3 is 9.52 Å². The topological polar surface area (TPSA) is 70.3 Å². The van der Waals surface area contributed by atoms with Gasteiger partial charge in [-0.2, -0.15) is 0 Å². The second-order valence-electron chi connectivity index (χ2n) is 6.67. The predicted molar refractivity (Wildman–Crippen MR) is 122 cm³/mol. The van der Waals surface area contributed by atoms with Gasteiger partial charge >= 0.3 is 29.6 Å². The molecule has 1 aliphatic heterocycles. The van der Waals surface area contributed by atoms with Crippen LogP contribution in [0.2, 0.25) is 0 Å². The van der Waals surface area contributed by atoms with Crippen molar-refractivity contribution in [1.29, 1.82) is 0 Å². The van der Waals surface area contributed by atoms with Gasteiger partial charge in [-0.25, -0.2) is 0 Å². The van der Waals surface area contributed by atoms with E-state index in [0.717, 1.165) is 5.56 Å². The first kappa shape index (κ1) is 23.7. The molecule has 0 radical (unpaired) electrons. The third-order valence-corrected chi connectivity index (χ3v) is 6.84. The zero-order valence-corrected chi connectivity index (χ0v) is 23.0. The Kier molecular flexibility index (Phi) is 7.02. The molecule has 0 fully saturated rings. The van der Waals surface area contributed by atoms with E-state index >= 15 is 0 Å². The smallest absolute Gasteiger partial charge is 0.871 e. The van der Waals surface area contributed by atoms with E-state index in [-0.39, 0.29) is 55.5 Å². The SMILES string of the molecule is CC(=O)c1ccccc1-c1c2cc(C)c(=O)c(Br)c-2oc2c(Br)c([O-])c(Br)cc12.[Na+]. The second-order valence-corrected chi connectivity index (χ2v) is 9.11. The minimum atomic E-state index is -0.267. The quantitative estimate of drug-likeness (QED) is 0.200. The Bertz CT molecular complexity index is 1360. The Balaban J connectivity index is 0.00000256. The molecule has 30 heavy (non-hydrogen) atoms. The molecule has 0 bridgehead atoms. The minimum absolute atomic E-state index is 0. The zero-order valence-electron chi connectivity index (χ0n) is 16.2. The fourth-order valence-corrected chi connectivity index (χ4v) is 5.25. The normalized spacial score (nSPS) is 11.0. The molecule has 0 amide bonds. The fourth-order valence-electron chi connectivity index (χ4n) is 3.44. The average Bonchev–Trinajstić information content (AvgIpc) is 2.69. The van der Waals surface area contributed by atoms with Gasteiger partial charge in [0, 0.05) is 26.5 Å². The number of ketones is 1. The monoisotopic (exact) mass is 600 g/mol. The van der Waals surface area contributed by atoms with Crippen molar-refractivity contribution >= 4 is 64.5 Å². The standard InChI is InChI=1S/C22H13Br3O4.Na/c1-9-7-13-16(12-6-4-3-5-11(12)10(2)26)14-8-15(23)20(28)18(25)22(14)29-21(13)17(24)19(9)27;/h3-8,28H,1-2H3;/q;+1/p-1. The van der Waals surface area contributed by atoms with Crippen molar-refractivity contribution in [3.63, 3.8) is 0 Å². The second kappa shape index (κ2) is 8.88. The molecule has 0 aromatic heterocycles. The van der Waals surface area contributed by atoms with Crippen LogP contribution in [-0.4, -0.2) is 5.78 Å². The average molecular weight is 603 g/mol. The van der Waals surface area contributed by atoms with Crippen molar-refractivity contribution in [2.75, 3.05) is 0 Å². The van der Waals surface area contributed by atoms with E-state index in [9.17, 15) is 14.7 Å². The van der Waals surface area contributed by atoms with Crippen molar-refractivity contribution in [2.24, 2.45) is 0 Å². The minimum Gasteiger partial charge on any atom is -0.871 e. The van der Waals surface area contributed by atoms with Crippen LogP contribution in [0.15, 0.2) is 59.0 Å². The fraction of sp³-hybridized carbons (Fsp3) is 0.0909. The summed E-state index contributed by atoms with van der Waals surface area (Å²) in [4.78, 5) is 24.8. The summed E-state index contributed by atoms with van der Waals surface area (Å²) in [5.74, 6) is -0.0293. The first-order chi connectivity index (χ1) is 13.7. The van der Waals surface area contributed by atoms with Crippen LogP contribution >= 0.6 is 47.8 Å². The molecule has 146 valence electrons. The summed E-state index contributed by atoms with van der Waals surface area (Å²) < 4.78 is 6.92. The molecule has 4 rings (SSSR count). The number of carbonyl (C=O) groups excluding carboxylic acids is 1. The van der Waals surface area contributed by atoms with Crippen LogP contribution in [0, 0.1) is 6.92 Å². The molecule has 2 aromatic rings. The summed E-state index contributed by atoms with van der Waals surface area (Å²) in [6.07, 6.45) is 0. The molecule has 8 heteroatoms. The van der Waals surface area contributed by atoms with Crippen LogP contribution in [-0.2, 0) is 0 Å². The van der Waals surface area contributed by atoms with Gasteiger partial charge in [-0.1, -0.05) is 45.9 Å². The van der Waals surface area contributed by atoms with Crippen LogP contribution in [0.25, 0.3) is 33.4 Å². The predicted octanol–water partition coefficient (Wildman–Crippen LogP) is 3.44. The van der Waals surface area contributed by atoms with Gasteiger partial charge in [0.15, 0.2) is 17.0 Å². The Hall–Kier alpha value is -0.960. The van der Waals surface area contributed by atoms with E-state index in [1.54, 1.807) is 31.2 Å². The molecule has 0 unspecified atom stereocenters. The number of Topliss-reactive ketones (excluding diaryl/α,β-unsaturated/α-hetero) is 1. The molecule has 2 aromatic carbocycles. The van der Waals surface area contributed by atoms with Gasteiger partial charge in [0.1, 0.15) is 10.1 Å². The van der Waals surface area contributed by atoms with Crippen molar-refractivity contribution in [2.45, 2.75) is 13.8 Å². The third-order valence-electron chi connectivity index (χ3n) is 4.81. The van der Waals surface area contributed by atoms with Crippen molar-refractivity contribution in [3.8, 4) is 28.2 Å². The van der Waals surface area contributed by atoms with Gasteiger partial charge in [0.05, 0.1) is 4.47 Å². The summed E-state index contributed by atoms with van der Waals surface area (Å²) in [7, 11) is 0. The van der Waals surface area contributed by atoms with Gasteiger partial charge in [0.25, 0.3) is 0 Å². The molecule has 0 spiro atoms.